The average Bonchev–Trinajstić information content (AvgIpc) is 3.34. The number of aliphatic hydroxyl groups excluding tert-OH is 1. The number of carbonyl (C=O) groups excluding carboxylic acids is 2. The first kappa shape index (κ1) is 18.9. The number of carbonyl (C=O) groups is 2. The van der Waals surface area contributed by atoms with Crippen molar-refractivity contribution >= 4 is 23.0 Å². The van der Waals surface area contributed by atoms with Crippen LogP contribution in [0.15, 0.2) is 35.6 Å². The standard InChI is InChI=1S/C22H24N2O3S/c1-12-7-6-8-15(11-12)18-17(19(25)21-13(2)23-14(3)28-21)20(26)22(27)24(18)16-9-4-5-10-16/h6-8,11,16,18,26H,4-5,9-10H2,1-3H3. The summed E-state index contributed by atoms with van der Waals surface area (Å²) >= 11 is 1.31. The van der Waals surface area contributed by atoms with Crippen LogP contribution in [0.4, 0.5) is 0 Å². The molecule has 6 heteroatoms. The van der Waals surface area contributed by atoms with Crippen LogP contribution in [0.1, 0.15) is 63.2 Å². The first-order valence-corrected chi connectivity index (χ1v) is 10.5. The van der Waals surface area contributed by atoms with Gasteiger partial charge in [-0.25, -0.2) is 4.98 Å². The van der Waals surface area contributed by atoms with Gasteiger partial charge in [0.2, 0.25) is 5.78 Å². The number of Topliss-reactive ketones (excluding diaryl/α,β-unsaturated/α-hetero) is 1. The second-order valence-corrected chi connectivity index (χ2v) is 8.91. The van der Waals surface area contributed by atoms with Gasteiger partial charge in [-0.2, -0.15) is 0 Å². The molecule has 2 heterocycles. The highest BCUT2D eigenvalue weighted by Gasteiger charge is 2.47. The second-order valence-electron chi connectivity index (χ2n) is 7.71. The van der Waals surface area contributed by atoms with E-state index in [-0.39, 0.29) is 17.4 Å². The summed E-state index contributed by atoms with van der Waals surface area (Å²) in [7, 11) is 0. The van der Waals surface area contributed by atoms with E-state index in [1.54, 1.807) is 11.8 Å². The van der Waals surface area contributed by atoms with Crippen molar-refractivity contribution in [2.24, 2.45) is 0 Å². The molecule has 1 amide bonds. The van der Waals surface area contributed by atoms with Crippen LogP contribution in [-0.2, 0) is 4.79 Å². The SMILES string of the molecule is Cc1cccc(C2C(C(=O)c3sc(C)nc3C)=C(O)C(=O)N2C2CCCC2)c1. The summed E-state index contributed by atoms with van der Waals surface area (Å²) in [5, 5.41) is 11.6. The maximum absolute atomic E-state index is 13.4. The van der Waals surface area contributed by atoms with E-state index in [0.717, 1.165) is 41.8 Å². The maximum Gasteiger partial charge on any atom is 0.290 e. The molecule has 0 spiro atoms. The molecule has 146 valence electrons. The highest BCUT2D eigenvalue weighted by Crippen LogP contribution is 2.44. The van der Waals surface area contributed by atoms with Gasteiger partial charge in [-0.15, -0.1) is 11.3 Å². The van der Waals surface area contributed by atoms with E-state index < -0.39 is 17.7 Å². The molecule has 1 saturated carbocycles. The summed E-state index contributed by atoms with van der Waals surface area (Å²) in [6.07, 6.45) is 3.93. The zero-order chi connectivity index (χ0) is 20.0. The molecule has 28 heavy (non-hydrogen) atoms. The highest BCUT2D eigenvalue weighted by molar-refractivity contribution is 7.14. The van der Waals surface area contributed by atoms with Crippen LogP contribution in [-0.4, -0.2) is 32.7 Å². The molecule has 1 aromatic heterocycles. The molecule has 0 saturated heterocycles. The van der Waals surface area contributed by atoms with Gasteiger partial charge in [0, 0.05) is 6.04 Å². The zero-order valence-electron chi connectivity index (χ0n) is 16.4. The number of hydrogen-bond donors (Lipinski definition) is 1. The topological polar surface area (TPSA) is 70.5 Å². The second kappa shape index (κ2) is 7.17. The van der Waals surface area contributed by atoms with Gasteiger partial charge in [-0.3, -0.25) is 9.59 Å². The fourth-order valence-corrected chi connectivity index (χ4v) is 5.32. The third kappa shape index (κ3) is 3.05. The van der Waals surface area contributed by atoms with Crippen molar-refractivity contribution in [3.8, 4) is 0 Å². The first-order chi connectivity index (χ1) is 13.4. The predicted octanol–water partition coefficient (Wildman–Crippen LogP) is 4.59. The first-order valence-electron chi connectivity index (χ1n) is 9.69. The minimum atomic E-state index is -0.551. The minimum Gasteiger partial charge on any atom is -0.503 e. The molecule has 5 nitrogen and oxygen atoms in total. The van der Waals surface area contributed by atoms with Gasteiger partial charge in [0.25, 0.3) is 5.91 Å². The Morgan fingerprint density at radius 2 is 1.93 bits per heavy atom. The summed E-state index contributed by atoms with van der Waals surface area (Å²) in [5.41, 5.74) is 2.75. The quantitative estimate of drug-likeness (QED) is 0.768. The number of rotatable bonds is 4. The fourth-order valence-electron chi connectivity index (χ4n) is 4.45. The smallest absolute Gasteiger partial charge is 0.290 e. The number of nitrogens with zero attached hydrogens (tertiary/aromatic N) is 2. The van der Waals surface area contributed by atoms with E-state index >= 15 is 0 Å². The Hall–Kier alpha value is -2.47. The van der Waals surface area contributed by atoms with Gasteiger partial charge in [-0.05, 0) is 39.2 Å². The normalized spacial score (nSPS) is 20.5. The van der Waals surface area contributed by atoms with Crippen LogP contribution in [0, 0.1) is 20.8 Å². The number of ketones is 1. The molecule has 1 aliphatic heterocycles. The number of aliphatic hydroxyl groups is 1. The Balaban J connectivity index is 1.85. The van der Waals surface area contributed by atoms with Crippen molar-refractivity contribution < 1.29 is 14.7 Å². The van der Waals surface area contributed by atoms with Crippen molar-refractivity contribution in [1.82, 2.24) is 9.88 Å². The Bertz CT molecular complexity index is 985. The van der Waals surface area contributed by atoms with E-state index in [9.17, 15) is 14.7 Å². The molecule has 1 aromatic carbocycles. The fraction of sp³-hybridized carbons (Fsp3) is 0.409. The van der Waals surface area contributed by atoms with Crippen molar-refractivity contribution in [1.29, 1.82) is 0 Å². The number of aromatic nitrogens is 1. The lowest BCUT2D eigenvalue weighted by Gasteiger charge is -2.32. The van der Waals surface area contributed by atoms with Crippen LogP contribution in [0.25, 0.3) is 0 Å². The van der Waals surface area contributed by atoms with Crippen molar-refractivity contribution in [3.63, 3.8) is 0 Å². The van der Waals surface area contributed by atoms with Gasteiger partial charge >= 0.3 is 0 Å². The summed E-state index contributed by atoms with van der Waals surface area (Å²) < 4.78 is 0. The number of amides is 1. The molecule has 2 aliphatic rings. The van der Waals surface area contributed by atoms with E-state index in [0.29, 0.717) is 10.6 Å². The third-order valence-electron chi connectivity index (χ3n) is 5.67. The van der Waals surface area contributed by atoms with Gasteiger partial charge in [0.1, 0.15) is 0 Å². The number of benzene rings is 1. The van der Waals surface area contributed by atoms with Gasteiger partial charge in [-0.1, -0.05) is 42.7 Å². The summed E-state index contributed by atoms with van der Waals surface area (Å²) in [4.78, 5) is 33.1. The third-order valence-corrected chi connectivity index (χ3v) is 6.75. The van der Waals surface area contributed by atoms with E-state index in [2.05, 4.69) is 4.98 Å². The largest absolute Gasteiger partial charge is 0.503 e. The van der Waals surface area contributed by atoms with Crippen LogP contribution in [0.3, 0.4) is 0 Å². The van der Waals surface area contributed by atoms with E-state index in [1.165, 1.54) is 11.3 Å². The predicted molar refractivity (Wildman–Crippen MR) is 109 cm³/mol. The molecule has 0 bridgehead atoms. The molecule has 0 radical (unpaired) electrons. The van der Waals surface area contributed by atoms with Gasteiger partial charge in [0.05, 0.1) is 27.2 Å². The van der Waals surface area contributed by atoms with Crippen molar-refractivity contribution in [2.45, 2.75) is 58.5 Å². The monoisotopic (exact) mass is 396 g/mol. The minimum absolute atomic E-state index is 0.0507. The van der Waals surface area contributed by atoms with Crippen LogP contribution < -0.4 is 0 Å². The Labute approximate surface area is 168 Å². The van der Waals surface area contributed by atoms with Gasteiger partial charge < -0.3 is 10.0 Å². The maximum atomic E-state index is 13.4. The summed E-state index contributed by atoms with van der Waals surface area (Å²) in [5.74, 6) is -1.13. The van der Waals surface area contributed by atoms with E-state index in [4.69, 9.17) is 0 Å². The average molecular weight is 397 g/mol. The molecular formula is C22H24N2O3S. The molecule has 2 aromatic rings. The number of hydrogen-bond acceptors (Lipinski definition) is 5. The van der Waals surface area contributed by atoms with Crippen molar-refractivity contribution in [2.75, 3.05) is 0 Å². The highest BCUT2D eigenvalue weighted by atomic mass is 32.1. The molecular weight excluding hydrogens is 372 g/mol. The summed E-state index contributed by atoms with van der Waals surface area (Å²) in [6.45, 7) is 5.63. The Kier molecular flexibility index (Phi) is 4.83. The Morgan fingerprint density at radius 1 is 1.21 bits per heavy atom. The van der Waals surface area contributed by atoms with Crippen LogP contribution in [0.5, 0.6) is 0 Å². The van der Waals surface area contributed by atoms with Gasteiger partial charge in [0.15, 0.2) is 5.76 Å². The number of thiazole rings is 1. The molecule has 1 aliphatic carbocycles. The van der Waals surface area contributed by atoms with E-state index in [1.807, 2.05) is 38.1 Å². The number of aryl methyl sites for hydroxylation is 3. The molecule has 1 fully saturated rings. The Morgan fingerprint density at radius 3 is 2.54 bits per heavy atom. The lowest BCUT2D eigenvalue weighted by Crippen LogP contribution is -2.38. The molecule has 1 unspecified atom stereocenters. The van der Waals surface area contributed by atoms with Crippen molar-refractivity contribution in [3.05, 3.63) is 62.3 Å². The lowest BCUT2D eigenvalue weighted by molar-refractivity contribution is -0.131. The van der Waals surface area contributed by atoms with Crippen LogP contribution >= 0.6 is 11.3 Å². The molecule has 4 rings (SSSR count). The zero-order valence-corrected chi connectivity index (χ0v) is 17.2. The molecule has 1 atom stereocenters. The molecule has 1 N–H and O–H groups in total. The summed E-state index contributed by atoms with van der Waals surface area (Å²) in [6, 6.07) is 7.35. The lowest BCUT2D eigenvalue weighted by atomic mass is 9.93. The van der Waals surface area contributed by atoms with Crippen LogP contribution in [0.2, 0.25) is 0 Å².